The minimum Gasteiger partial charge on any atom is -0.489 e. The number of aromatic nitrogens is 1. The van der Waals surface area contributed by atoms with Crippen molar-refractivity contribution in [1.82, 2.24) is 4.98 Å². The maximum atomic E-state index is 9.27. The highest BCUT2D eigenvalue weighted by Crippen LogP contribution is 2.32. The summed E-state index contributed by atoms with van der Waals surface area (Å²) < 4.78 is 6.18. The molecule has 1 fully saturated rings. The Morgan fingerprint density at radius 2 is 2.11 bits per heavy atom. The van der Waals surface area contributed by atoms with Gasteiger partial charge in [0.15, 0.2) is 0 Å². The SMILES string of the molecule is CCC1CCCCC1Oc1cc(C)nc(C)c1C#N. The summed E-state index contributed by atoms with van der Waals surface area (Å²) >= 11 is 0. The topological polar surface area (TPSA) is 45.9 Å². The zero-order valence-electron chi connectivity index (χ0n) is 12.1. The molecule has 0 amide bonds. The van der Waals surface area contributed by atoms with Crippen LogP contribution in [-0.2, 0) is 0 Å². The summed E-state index contributed by atoms with van der Waals surface area (Å²) in [6, 6.07) is 4.12. The molecule has 1 saturated carbocycles. The van der Waals surface area contributed by atoms with Crippen LogP contribution in [0, 0.1) is 31.1 Å². The van der Waals surface area contributed by atoms with Crippen molar-refractivity contribution < 1.29 is 4.74 Å². The third-order valence-electron chi connectivity index (χ3n) is 4.05. The Morgan fingerprint density at radius 1 is 1.37 bits per heavy atom. The molecule has 0 radical (unpaired) electrons. The van der Waals surface area contributed by atoms with Crippen molar-refractivity contribution in [2.75, 3.05) is 0 Å². The fourth-order valence-electron chi connectivity index (χ4n) is 2.98. The van der Waals surface area contributed by atoms with Crippen LogP contribution in [0.2, 0.25) is 0 Å². The quantitative estimate of drug-likeness (QED) is 0.825. The molecule has 0 N–H and O–H groups in total. The van der Waals surface area contributed by atoms with Crippen LogP contribution in [0.25, 0.3) is 0 Å². The number of ether oxygens (including phenoxy) is 1. The molecule has 0 spiro atoms. The summed E-state index contributed by atoms with van der Waals surface area (Å²) in [7, 11) is 0. The first-order valence-electron chi connectivity index (χ1n) is 7.20. The Kier molecular flexibility index (Phi) is 4.42. The fraction of sp³-hybridized carbons (Fsp3) is 0.625. The monoisotopic (exact) mass is 258 g/mol. The molecule has 3 nitrogen and oxygen atoms in total. The maximum Gasteiger partial charge on any atom is 0.141 e. The number of nitrogens with zero attached hydrogens (tertiary/aromatic N) is 2. The lowest BCUT2D eigenvalue weighted by Gasteiger charge is -2.31. The molecule has 0 aromatic carbocycles. The van der Waals surface area contributed by atoms with E-state index in [-0.39, 0.29) is 6.10 Å². The molecule has 0 bridgehead atoms. The highest BCUT2D eigenvalue weighted by atomic mass is 16.5. The van der Waals surface area contributed by atoms with Gasteiger partial charge in [0.1, 0.15) is 23.5 Å². The minimum atomic E-state index is 0.257. The molecule has 1 aliphatic carbocycles. The van der Waals surface area contributed by atoms with Crippen LogP contribution >= 0.6 is 0 Å². The van der Waals surface area contributed by atoms with E-state index in [0.717, 1.165) is 30.0 Å². The van der Waals surface area contributed by atoms with Crippen LogP contribution < -0.4 is 4.74 Å². The van der Waals surface area contributed by atoms with Gasteiger partial charge in [0.2, 0.25) is 0 Å². The van der Waals surface area contributed by atoms with Gasteiger partial charge in [-0.15, -0.1) is 0 Å². The van der Waals surface area contributed by atoms with E-state index in [1.807, 2.05) is 19.9 Å². The standard InChI is InChI=1S/C16H22N2O/c1-4-13-7-5-6-8-15(13)19-16-9-11(2)18-12(3)14(16)10-17/h9,13,15H,4-8H2,1-3H3. The second-order valence-corrected chi connectivity index (χ2v) is 5.44. The number of pyridine rings is 1. The average Bonchev–Trinajstić information content (AvgIpc) is 2.39. The highest BCUT2D eigenvalue weighted by molar-refractivity contribution is 5.46. The first-order chi connectivity index (χ1) is 9.15. The van der Waals surface area contributed by atoms with E-state index in [2.05, 4.69) is 18.0 Å². The molecule has 0 saturated heterocycles. The van der Waals surface area contributed by atoms with Gasteiger partial charge in [0.05, 0.1) is 5.69 Å². The summed E-state index contributed by atoms with van der Waals surface area (Å²) in [6.45, 7) is 6.04. The second-order valence-electron chi connectivity index (χ2n) is 5.44. The lowest BCUT2D eigenvalue weighted by Crippen LogP contribution is -2.30. The van der Waals surface area contributed by atoms with Crippen molar-refractivity contribution in [2.45, 2.75) is 59.0 Å². The van der Waals surface area contributed by atoms with Crippen LogP contribution in [0.4, 0.5) is 0 Å². The fourth-order valence-corrected chi connectivity index (χ4v) is 2.98. The van der Waals surface area contributed by atoms with Gasteiger partial charge >= 0.3 is 0 Å². The number of aryl methyl sites for hydroxylation is 2. The van der Waals surface area contributed by atoms with Gasteiger partial charge in [-0.05, 0) is 45.4 Å². The van der Waals surface area contributed by atoms with Crippen molar-refractivity contribution in [3.8, 4) is 11.8 Å². The van der Waals surface area contributed by atoms with Crippen LogP contribution in [0.5, 0.6) is 5.75 Å². The average molecular weight is 258 g/mol. The number of hydrogen-bond acceptors (Lipinski definition) is 3. The molecule has 2 rings (SSSR count). The maximum absolute atomic E-state index is 9.27. The van der Waals surface area contributed by atoms with Crippen molar-refractivity contribution >= 4 is 0 Å². The molecule has 1 heterocycles. The van der Waals surface area contributed by atoms with E-state index in [1.54, 1.807) is 0 Å². The van der Waals surface area contributed by atoms with E-state index in [1.165, 1.54) is 19.3 Å². The molecule has 19 heavy (non-hydrogen) atoms. The van der Waals surface area contributed by atoms with Gasteiger partial charge in [0.25, 0.3) is 0 Å². The number of rotatable bonds is 3. The molecular weight excluding hydrogens is 236 g/mol. The Morgan fingerprint density at radius 3 is 2.79 bits per heavy atom. The minimum absolute atomic E-state index is 0.257. The van der Waals surface area contributed by atoms with Gasteiger partial charge in [-0.25, -0.2) is 0 Å². The summed E-state index contributed by atoms with van der Waals surface area (Å²) in [5.41, 5.74) is 2.27. The first-order valence-corrected chi connectivity index (χ1v) is 7.20. The van der Waals surface area contributed by atoms with Gasteiger partial charge in [-0.1, -0.05) is 13.3 Å². The summed E-state index contributed by atoms with van der Waals surface area (Å²) in [5.74, 6) is 1.34. The Balaban J connectivity index is 2.25. The Labute approximate surface area is 115 Å². The normalized spacial score (nSPS) is 22.8. The van der Waals surface area contributed by atoms with Crippen LogP contribution in [0.1, 0.15) is 56.0 Å². The predicted molar refractivity (Wildman–Crippen MR) is 75.1 cm³/mol. The smallest absolute Gasteiger partial charge is 0.141 e. The predicted octanol–water partition coefficient (Wildman–Crippen LogP) is 3.92. The Bertz CT molecular complexity index is 490. The van der Waals surface area contributed by atoms with E-state index in [9.17, 15) is 5.26 Å². The van der Waals surface area contributed by atoms with Crippen molar-refractivity contribution in [1.29, 1.82) is 5.26 Å². The van der Waals surface area contributed by atoms with E-state index < -0.39 is 0 Å². The van der Waals surface area contributed by atoms with Gasteiger partial charge in [0, 0.05) is 11.8 Å². The molecule has 3 heteroatoms. The third-order valence-corrected chi connectivity index (χ3v) is 4.05. The molecule has 1 aromatic rings. The number of hydrogen-bond donors (Lipinski definition) is 0. The molecule has 1 aliphatic rings. The first kappa shape index (κ1) is 13.9. The van der Waals surface area contributed by atoms with E-state index >= 15 is 0 Å². The lowest BCUT2D eigenvalue weighted by atomic mass is 9.84. The lowest BCUT2D eigenvalue weighted by molar-refractivity contribution is 0.0899. The van der Waals surface area contributed by atoms with Gasteiger partial charge < -0.3 is 4.74 Å². The van der Waals surface area contributed by atoms with Gasteiger partial charge in [-0.3, -0.25) is 4.98 Å². The van der Waals surface area contributed by atoms with E-state index in [0.29, 0.717) is 11.5 Å². The summed E-state index contributed by atoms with van der Waals surface area (Å²) in [4.78, 5) is 4.33. The second kappa shape index (κ2) is 6.06. The number of nitriles is 1. The molecule has 1 aromatic heterocycles. The molecule has 0 aliphatic heterocycles. The van der Waals surface area contributed by atoms with E-state index in [4.69, 9.17) is 4.74 Å². The zero-order valence-corrected chi connectivity index (χ0v) is 12.1. The summed E-state index contributed by atoms with van der Waals surface area (Å²) in [5, 5.41) is 9.27. The Hall–Kier alpha value is -1.56. The highest BCUT2D eigenvalue weighted by Gasteiger charge is 2.26. The largest absolute Gasteiger partial charge is 0.489 e. The van der Waals surface area contributed by atoms with Crippen molar-refractivity contribution in [2.24, 2.45) is 5.92 Å². The molecule has 2 unspecified atom stereocenters. The van der Waals surface area contributed by atoms with Gasteiger partial charge in [-0.2, -0.15) is 5.26 Å². The molecule has 102 valence electrons. The van der Waals surface area contributed by atoms with Crippen LogP contribution in [0.3, 0.4) is 0 Å². The third kappa shape index (κ3) is 3.07. The van der Waals surface area contributed by atoms with Crippen molar-refractivity contribution in [3.05, 3.63) is 23.0 Å². The zero-order chi connectivity index (χ0) is 13.8. The molecule has 2 atom stereocenters. The van der Waals surface area contributed by atoms with Crippen LogP contribution in [-0.4, -0.2) is 11.1 Å². The summed E-state index contributed by atoms with van der Waals surface area (Å²) in [6.07, 6.45) is 6.28. The molecular formula is C16H22N2O. The van der Waals surface area contributed by atoms with Crippen molar-refractivity contribution in [3.63, 3.8) is 0 Å². The van der Waals surface area contributed by atoms with Crippen LogP contribution in [0.15, 0.2) is 6.07 Å².